The molecule has 1 fully saturated rings. The van der Waals surface area contributed by atoms with Gasteiger partial charge in [0.05, 0.1) is 12.2 Å². The van der Waals surface area contributed by atoms with E-state index in [0.717, 1.165) is 19.4 Å². The highest BCUT2D eigenvalue weighted by molar-refractivity contribution is 7.10. The standard InChI is InChI=1S/C11H17NOS/c1-8-5-7-14-11(8)10-3-2-9(13-10)4-6-12/h5,7,9-10H,2-4,6,12H2,1H3. The van der Waals surface area contributed by atoms with Crippen molar-refractivity contribution < 1.29 is 4.74 Å². The van der Waals surface area contributed by atoms with Crippen molar-refractivity contribution in [2.45, 2.75) is 38.4 Å². The normalized spacial score (nSPS) is 27.0. The summed E-state index contributed by atoms with van der Waals surface area (Å²) in [7, 11) is 0. The van der Waals surface area contributed by atoms with Gasteiger partial charge in [0.25, 0.3) is 0 Å². The third-order valence-corrected chi connectivity index (χ3v) is 3.90. The molecule has 1 aromatic rings. The first-order valence-electron chi connectivity index (χ1n) is 5.20. The fraction of sp³-hybridized carbons (Fsp3) is 0.636. The van der Waals surface area contributed by atoms with Crippen LogP contribution in [0.2, 0.25) is 0 Å². The van der Waals surface area contributed by atoms with Crippen molar-refractivity contribution in [1.29, 1.82) is 0 Å². The molecule has 2 heterocycles. The second-order valence-corrected chi connectivity index (χ2v) is 4.82. The van der Waals surface area contributed by atoms with E-state index in [0.29, 0.717) is 12.2 Å². The van der Waals surface area contributed by atoms with Gasteiger partial charge in [0.1, 0.15) is 0 Å². The summed E-state index contributed by atoms with van der Waals surface area (Å²) in [6.07, 6.45) is 4.06. The van der Waals surface area contributed by atoms with Crippen molar-refractivity contribution in [3.63, 3.8) is 0 Å². The molecule has 0 spiro atoms. The summed E-state index contributed by atoms with van der Waals surface area (Å²) in [5.41, 5.74) is 6.89. The molecule has 1 aromatic heterocycles. The summed E-state index contributed by atoms with van der Waals surface area (Å²) in [6, 6.07) is 2.17. The van der Waals surface area contributed by atoms with Gasteiger partial charge in [-0.3, -0.25) is 0 Å². The van der Waals surface area contributed by atoms with Crippen LogP contribution < -0.4 is 5.73 Å². The minimum absolute atomic E-state index is 0.339. The Morgan fingerprint density at radius 1 is 1.57 bits per heavy atom. The van der Waals surface area contributed by atoms with Crippen LogP contribution in [-0.4, -0.2) is 12.6 Å². The maximum Gasteiger partial charge on any atom is 0.0924 e. The number of thiophene rings is 1. The second kappa shape index (κ2) is 4.43. The van der Waals surface area contributed by atoms with Gasteiger partial charge in [0, 0.05) is 4.88 Å². The van der Waals surface area contributed by atoms with Crippen LogP contribution in [0.3, 0.4) is 0 Å². The van der Waals surface area contributed by atoms with Crippen LogP contribution in [0.15, 0.2) is 11.4 Å². The zero-order valence-electron chi connectivity index (χ0n) is 8.53. The third-order valence-electron chi connectivity index (χ3n) is 2.79. The van der Waals surface area contributed by atoms with E-state index in [-0.39, 0.29) is 0 Å². The molecule has 1 aliphatic heterocycles. The number of nitrogens with two attached hydrogens (primary N) is 1. The Hall–Kier alpha value is -0.380. The summed E-state index contributed by atoms with van der Waals surface area (Å²) in [5.74, 6) is 0. The van der Waals surface area contributed by atoms with Gasteiger partial charge >= 0.3 is 0 Å². The summed E-state index contributed by atoms with van der Waals surface area (Å²) in [5, 5.41) is 2.14. The Labute approximate surface area is 89.1 Å². The highest BCUT2D eigenvalue weighted by Crippen LogP contribution is 2.37. The van der Waals surface area contributed by atoms with Crippen molar-refractivity contribution in [2.75, 3.05) is 6.54 Å². The summed E-state index contributed by atoms with van der Waals surface area (Å²) < 4.78 is 5.96. The molecule has 0 amide bonds. The molecule has 0 radical (unpaired) electrons. The van der Waals surface area contributed by atoms with Crippen molar-refractivity contribution >= 4 is 11.3 Å². The van der Waals surface area contributed by atoms with Gasteiger partial charge in [0.2, 0.25) is 0 Å². The summed E-state index contributed by atoms with van der Waals surface area (Å²) in [6.45, 7) is 2.90. The Bertz CT molecular complexity index is 297. The monoisotopic (exact) mass is 211 g/mol. The van der Waals surface area contributed by atoms with Crippen LogP contribution in [0.25, 0.3) is 0 Å². The topological polar surface area (TPSA) is 35.2 Å². The molecular weight excluding hydrogens is 194 g/mol. The van der Waals surface area contributed by atoms with Crippen molar-refractivity contribution in [3.8, 4) is 0 Å². The van der Waals surface area contributed by atoms with Crippen LogP contribution in [-0.2, 0) is 4.74 Å². The Morgan fingerprint density at radius 3 is 3.07 bits per heavy atom. The largest absolute Gasteiger partial charge is 0.369 e. The van der Waals surface area contributed by atoms with Crippen molar-refractivity contribution in [2.24, 2.45) is 5.73 Å². The lowest BCUT2D eigenvalue weighted by Gasteiger charge is -2.12. The first-order chi connectivity index (χ1) is 6.81. The maximum atomic E-state index is 5.96. The zero-order chi connectivity index (χ0) is 9.97. The molecule has 1 aliphatic rings. The van der Waals surface area contributed by atoms with E-state index in [2.05, 4.69) is 18.4 Å². The average molecular weight is 211 g/mol. The molecule has 2 N–H and O–H groups in total. The van der Waals surface area contributed by atoms with E-state index < -0.39 is 0 Å². The number of hydrogen-bond donors (Lipinski definition) is 1. The van der Waals surface area contributed by atoms with Gasteiger partial charge in [0.15, 0.2) is 0 Å². The van der Waals surface area contributed by atoms with E-state index in [4.69, 9.17) is 10.5 Å². The van der Waals surface area contributed by atoms with Gasteiger partial charge < -0.3 is 10.5 Å². The summed E-state index contributed by atoms with van der Waals surface area (Å²) in [4.78, 5) is 1.41. The fourth-order valence-corrected chi connectivity index (χ4v) is 3.01. The molecule has 0 saturated carbocycles. The number of ether oxygens (including phenoxy) is 1. The molecule has 0 aliphatic carbocycles. The minimum Gasteiger partial charge on any atom is -0.369 e. The number of rotatable bonds is 3. The van der Waals surface area contributed by atoms with E-state index in [1.807, 2.05) is 11.3 Å². The van der Waals surface area contributed by atoms with E-state index in [1.165, 1.54) is 16.9 Å². The second-order valence-electron chi connectivity index (χ2n) is 3.87. The first kappa shape index (κ1) is 10.1. The maximum absolute atomic E-state index is 5.96. The molecule has 1 saturated heterocycles. The highest BCUT2D eigenvalue weighted by Gasteiger charge is 2.27. The molecule has 0 aromatic carbocycles. The predicted octanol–water partition coefficient (Wildman–Crippen LogP) is 2.63. The van der Waals surface area contributed by atoms with E-state index >= 15 is 0 Å². The SMILES string of the molecule is Cc1ccsc1C1CCC(CCN)O1. The molecule has 78 valence electrons. The Kier molecular flexibility index (Phi) is 3.21. The summed E-state index contributed by atoms with van der Waals surface area (Å²) >= 11 is 1.81. The van der Waals surface area contributed by atoms with E-state index in [1.54, 1.807) is 0 Å². The Balaban J connectivity index is 1.99. The fourth-order valence-electron chi connectivity index (χ4n) is 2.01. The van der Waals surface area contributed by atoms with Crippen molar-refractivity contribution in [3.05, 3.63) is 21.9 Å². The van der Waals surface area contributed by atoms with Crippen LogP contribution in [0, 0.1) is 6.92 Å². The molecule has 14 heavy (non-hydrogen) atoms. The lowest BCUT2D eigenvalue weighted by Crippen LogP contribution is -2.12. The van der Waals surface area contributed by atoms with Gasteiger partial charge in [-0.2, -0.15) is 0 Å². The Morgan fingerprint density at radius 2 is 2.43 bits per heavy atom. The molecule has 2 atom stereocenters. The van der Waals surface area contributed by atoms with Crippen molar-refractivity contribution in [1.82, 2.24) is 0 Å². The molecule has 2 rings (SSSR count). The minimum atomic E-state index is 0.339. The molecule has 2 unspecified atom stereocenters. The smallest absolute Gasteiger partial charge is 0.0924 e. The highest BCUT2D eigenvalue weighted by atomic mass is 32.1. The first-order valence-corrected chi connectivity index (χ1v) is 6.08. The van der Waals surface area contributed by atoms with Crippen LogP contribution in [0.4, 0.5) is 0 Å². The van der Waals surface area contributed by atoms with Crippen LogP contribution in [0.1, 0.15) is 35.8 Å². The van der Waals surface area contributed by atoms with Gasteiger partial charge in [-0.15, -0.1) is 11.3 Å². The third kappa shape index (κ3) is 2.00. The van der Waals surface area contributed by atoms with Gasteiger partial charge in [-0.05, 0) is 49.7 Å². The zero-order valence-corrected chi connectivity index (χ0v) is 9.35. The lowest BCUT2D eigenvalue weighted by atomic mass is 10.1. The molecule has 3 heteroatoms. The molecule has 2 nitrogen and oxygen atoms in total. The van der Waals surface area contributed by atoms with Gasteiger partial charge in [-0.1, -0.05) is 0 Å². The predicted molar refractivity (Wildman–Crippen MR) is 59.6 cm³/mol. The molecule has 0 bridgehead atoms. The lowest BCUT2D eigenvalue weighted by molar-refractivity contribution is 0.0431. The number of hydrogen-bond acceptors (Lipinski definition) is 3. The molecular formula is C11H17NOS. The van der Waals surface area contributed by atoms with Crippen LogP contribution in [0.5, 0.6) is 0 Å². The van der Waals surface area contributed by atoms with Crippen LogP contribution >= 0.6 is 11.3 Å². The number of aryl methyl sites for hydroxylation is 1. The van der Waals surface area contributed by atoms with E-state index in [9.17, 15) is 0 Å². The van der Waals surface area contributed by atoms with Gasteiger partial charge in [-0.25, -0.2) is 0 Å². The quantitative estimate of drug-likeness (QED) is 0.834. The average Bonchev–Trinajstić information content (AvgIpc) is 2.74.